The van der Waals surface area contributed by atoms with E-state index in [1.165, 1.54) is 0 Å². The van der Waals surface area contributed by atoms with Gasteiger partial charge in [-0.1, -0.05) is 30.7 Å². The zero-order valence-electron chi connectivity index (χ0n) is 15.5. The summed E-state index contributed by atoms with van der Waals surface area (Å²) in [6.07, 6.45) is 2.57. The Bertz CT molecular complexity index is 955. The van der Waals surface area contributed by atoms with Gasteiger partial charge in [-0.25, -0.2) is 9.79 Å². The van der Waals surface area contributed by atoms with Crippen LogP contribution in [0, 0.1) is 3.57 Å². The Morgan fingerprint density at radius 3 is 2.71 bits per heavy atom. The molecule has 1 heterocycles. The molecule has 2 aromatic carbocycles. The van der Waals surface area contributed by atoms with Gasteiger partial charge in [0.15, 0.2) is 17.2 Å². The minimum atomic E-state index is -0.519. The van der Waals surface area contributed by atoms with Crippen molar-refractivity contribution in [2.75, 3.05) is 13.2 Å². The monoisotopic (exact) mass is 511 g/mol. The van der Waals surface area contributed by atoms with Gasteiger partial charge in [-0.2, -0.15) is 0 Å². The average molecular weight is 512 g/mol. The lowest BCUT2D eigenvalue weighted by Crippen LogP contribution is -2.05. The number of aliphatic imine (C=N–C) groups is 1. The second kappa shape index (κ2) is 9.43. The van der Waals surface area contributed by atoms with Crippen molar-refractivity contribution in [1.82, 2.24) is 0 Å². The van der Waals surface area contributed by atoms with Gasteiger partial charge in [0.05, 0.1) is 27.4 Å². The zero-order valence-corrected chi connectivity index (χ0v) is 18.4. The lowest BCUT2D eigenvalue weighted by atomic mass is 10.1. The van der Waals surface area contributed by atoms with Gasteiger partial charge in [0.25, 0.3) is 0 Å². The molecule has 0 fully saturated rings. The highest BCUT2D eigenvalue weighted by atomic mass is 127. The van der Waals surface area contributed by atoms with E-state index in [2.05, 4.69) is 27.6 Å². The normalized spacial score (nSPS) is 14.8. The number of rotatable bonds is 7. The maximum Gasteiger partial charge on any atom is 0.363 e. The van der Waals surface area contributed by atoms with E-state index in [0.29, 0.717) is 35.3 Å². The van der Waals surface area contributed by atoms with Gasteiger partial charge in [0.1, 0.15) is 0 Å². The first-order valence-corrected chi connectivity index (χ1v) is 10.4. The van der Waals surface area contributed by atoms with Crippen LogP contribution in [-0.2, 0) is 9.53 Å². The summed E-state index contributed by atoms with van der Waals surface area (Å²) in [4.78, 5) is 16.6. The number of ether oxygens (including phenoxy) is 3. The summed E-state index contributed by atoms with van der Waals surface area (Å²) in [6, 6.07) is 10.8. The molecule has 0 atom stereocenters. The van der Waals surface area contributed by atoms with Gasteiger partial charge in [0, 0.05) is 0 Å². The summed E-state index contributed by atoms with van der Waals surface area (Å²) in [5, 5.41) is 0.473. The number of halogens is 2. The number of cyclic esters (lactones) is 1. The van der Waals surface area contributed by atoms with Crippen molar-refractivity contribution < 1.29 is 19.0 Å². The molecule has 1 aliphatic heterocycles. The minimum absolute atomic E-state index is 0.199. The lowest BCUT2D eigenvalue weighted by molar-refractivity contribution is -0.129. The molecule has 5 nitrogen and oxygen atoms in total. The van der Waals surface area contributed by atoms with Crippen molar-refractivity contribution in [1.29, 1.82) is 0 Å². The molecule has 0 bridgehead atoms. The maximum absolute atomic E-state index is 12.3. The second-order valence-electron chi connectivity index (χ2n) is 5.93. The van der Waals surface area contributed by atoms with Gasteiger partial charge in [-0.3, -0.25) is 0 Å². The molecule has 0 radical (unpaired) electrons. The summed E-state index contributed by atoms with van der Waals surface area (Å²) in [5.74, 6) is 1.02. The predicted octanol–water partition coefficient (Wildman–Crippen LogP) is 5.48. The first kappa shape index (κ1) is 20.7. The van der Waals surface area contributed by atoms with Gasteiger partial charge in [-0.15, -0.1) is 0 Å². The van der Waals surface area contributed by atoms with E-state index in [-0.39, 0.29) is 11.6 Å². The Hall–Kier alpha value is -2.06. The summed E-state index contributed by atoms with van der Waals surface area (Å²) in [6.45, 7) is 5.08. The first-order chi connectivity index (χ1) is 13.5. The third-order valence-corrected chi connectivity index (χ3v) is 4.94. The van der Waals surface area contributed by atoms with Gasteiger partial charge in [0.2, 0.25) is 5.90 Å². The van der Waals surface area contributed by atoms with Gasteiger partial charge in [-0.05, 0) is 71.8 Å². The SMILES string of the molecule is CCCOc1c(I)cc(/C=C2\N=C(c3ccccc3Cl)OC2=O)cc1OCC. The van der Waals surface area contributed by atoms with E-state index in [1.54, 1.807) is 24.3 Å². The van der Waals surface area contributed by atoms with E-state index in [9.17, 15) is 4.79 Å². The van der Waals surface area contributed by atoms with Crippen molar-refractivity contribution in [3.8, 4) is 11.5 Å². The van der Waals surface area contributed by atoms with Crippen molar-refractivity contribution in [2.24, 2.45) is 4.99 Å². The van der Waals surface area contributed by atoms with Gasteiger partial charge < -0.3 is 14.2 Å². The molecule has 0 N–H and O–H groups in total. The fourth-order valence-corrected chi connectivity index (χ4v) is 3.59. The van der Waals surface area contributed by atoms with E-state index in [4.69, 9.17) is 25.8 Å². The molecule has 0 unspecified atom stereocenters. The smallest absolute Gasteiger partial charge is 0.363 e. The number of esters is 1. The first-order valence-electron chi connectivity index (χ1n) is 8.90. The molecule has 0 spiro atoms. The molecular weight excluding hydrogens is 493 g/mol. The molecule has 146 valence electrons. The molecule has 28 heavy (non-hydrogen) atoms. The molecule has 0 saturated heterocycles. The van der Waals surface area contributed by atoms with Crippen molar-refractivity contribution in [2.45, 2.75) is 20.3 Å². The quantitative estimate of drug-likeness (QED) is 0.281. The van der Waals surface area contributed by atoms with Crippen molar-refractivity contribution in [3.63, 3.8) is 0 Å². The molecule has 2 aromatic rings. The Morgan fingerprint density at radius 1 is 1.21 bits per heavy atom. The Balaban J connectivity index is 1.96. The summed E-state index contributed by atoms with van der Waals surface area (Å²) < 4.78 is 17.7. The Kier molecular flexibility index (Phi) is 6.96. The van der Waals surface area contributed by atoms with Crippen LogP contribution in [0.25, 0.3) is 6.08 Å². The lowest BCUT2D eigenvalue weighted by Gasteiger charge is -2.14. The average Bonchev–Trinajstić information content (AvgIpc) is 3.02. The van der Waals surface area contributed by atoms with E-state index < -0.39 is 5.97 Å². The largest absolute Gasteiger partial charge is 0.490 e. The van der Waals surface area contributed by atoms with Gasteiger partial charge >= 0.3 is 5.97 Å². The third kappa shape index (κ3) is 4.67. The summed E-state index contributed by atoms with van der Waals surface area (Å²) >= 11 is 8.37. The van der Waals surface area contributed by atoms with Crippen LogP contribution < -0.4 is 9.47 Å². The Labute approximate surface area is 182 Å². The second-order valence-corrected chi connectivity index (χ2v) is 7.50. The van der Waals surface area contributed by atoms with Crippen LogP contribution in [0.2, 0.25) is 5.02 Å². The molecule has 1 aliphatic rings. The fraction of sp³-hybridized carbons (Fsp3) is 0.238. The molecule has 0 amide bonds. The van der Waals surface area contributed by atoms with Crippen LogP contribution in [0.5, 0.6) is 11.5 Å². The van der Waals surface area contributed by atoms with Crippen LogP contribution >= 0.6 is 34.2 Å². The highest BCUT2D eigenvalue weighted by Gasteiger charge is 2.25. The topological polar surface area (TPSA) is 57.1 Å². The minimum Gasteiger partial charge on any atom is -0.490 e. The summed E-state index contributed by atoms with van der Waals surface area (Å²) in [7, 11) is 0. The standard InChI is InChI=1S/C21H19ClINO4/c1-3-9-27-19-16(23)10-13(12-18(19)26-4-2)11-17-21(25)28-20(24-17)14-7-5-6-8-15(14)22/h5-8,10-12H,3-4,9H2,1-2H3/b17-11-. The summed E-state index contributed by atoms with van der Waals surface area (Å²) in [5.41, 5.74) is 1.55. The Morgan fingerprint density at radius 2 is 2.00 bits per heavy atom. The van der Waals surface area contributed by atoms with Crippen LogP contribution in [0.15, 0.2) is 47.1 Å². The highest BCUT2D eigenvalue weighted by molar-refractivity contribution is 14.1. The number of carbonyl (C=O) groups is 1. The number of benzene rings is 2. The molecule has 0 aromatic heterocycles. The van der Waals surface area contributed by atoms with Crippen molar-refractivity contribution in [3.05, 3.63) is 61.8 Å². The van der Waals surface area contributed by atoms with Crippen LogP contribution in [0.4, 0.5) is 0 Å². The van der Waals surface area contributed by atoms with E-state index in [0.717, 1.165) is 15.6 Å². The molecule has 7 heteroatoms. The van der Waals surface area contributed by atoms with E-state index >= 15 is 0 Å². The molecular formula is C21H19ClINO4. The van der Waals surface area contributed by atoms with Crippen LogP contribution in [0.1, 0.15) is 31.4 Å². The fourth-order valence-electron chi connectivity index (χ4n) is 2.60. The molecule has 0 aliphatic carbocycles. The van der Waals surface area contributed by atoms with Crippen LogP contribution in [-0.4, -0.2) is 25.1 Å². The van der Waals surface area contributed by atoms with Crippen molar-refractivity contribution >= 4 is 52.1 Å². The van der Waals surface area contributed by atoms with Crippen LogP contribution in [0.3, 0.4) is 0 Å². The molecule has 0 saturated carbocycles. The predicted molar refractivity (Wildman–Crippen MR) is 118 cm³/mol. The number of hydrogen-bond donors (Lipinski definition) is 0. The zero-order chi connectivity index (χ0) is 20.1. The number of carbonyl (C=O) groups excluding carboxylic acids is 1. The maximum atomic E-state index is 12.3. The highest BCUT2D eigenvalue weighted by Crippen LogP contribution is 2.35. The number of hydrogen-bond acceptors (Lipinski definition) is 5. The van der Waals surface area contributed by atoms with E-state index in [1.807, 2.05) is 32.0 Å². The number of nitrogens with zero attached hydrogens (tertiary/aromatic N) is 1. The molecule has 3 rings (SSSR count). The third-order valence-electron chi connectivity index (χ3n) is 3.81.